The molecular weight excluding hydrogens is 337 g/mol. The number of piperidine rings is 1. The van der Waals surface area contributed by atoms with Crippen LogP contribution in [0.4, 0.5) is 4.39 Å². The van der Waals surface area contributed by atoms with E-state index < -0.39 is 0 Å². The molecule has 2 aliphatic heterocycles. The molecule has 0 aromatic heterocycles. The second-order valence-corrected chi connectivity index (χ2v) is 7.33. The average Bonchev–Trinajstić information content (AvgIpc) is 2.89. The molecular formula is C19H26FN3O3. The van der Waals surface area contributed by atoms with Crippen LogP contribution in [0.3, 0.4) is 0 Å². The third-order valence-electron chi connectivity index (χ3n) is 5.56. The first-order valence-electron chi connectivity index (χ1n) is 9.02. The molecule has 142 valence electrons. The van der Waals surface area contributed by atoms with Gasteiger partial charge in [0.25, 0.3) is 5.91 Å². The lowest BCUT2D eigenvalue weighted by Gasteiger charge is -2.43. The second-order valence-electron chi connectivity index (χ2n) is 7.33. The molecule has 0 aliphatic carbocycles. The van der Waals surface area contributed by atoms with Crippen LogP contribution in [0.15, 0.2) is 24.3 Å². The lowest BCUT2D eigenvalue weighted by atomic mass is 9.84. The Morgan fingerprint density at radius 1 is 1.27 bits per heavy atom. The SMILES string of the molecule is CC(=O)NC1CN(C)C2(CCN(C(=O)COc3ccc(F)cc3)CC2)C1. The summed E-state index contributed by atoms with van der Waals surface area (Å²) in [5, 5.41) is 3.01. The predicted molar refractivity (Wildman–Crippen MR) is 95.3 cm³/mol. The summed E-state index contributed by atoms with van der Waals surface area (Å²) in [7, 11) is 2.09. The van der Waals surface area contributed by atoms with Crippen LogP contribution in [0, 0.1) is 5.82 Å². The normalized spacial score (nSPS) is 22.4. The van der Waals surface area contributed by atoms with Gasteiger partial charge in [-0.25, -0.2) is 4.39 Å². The van der Waals surface area contributed by atoms with Gasteiger partial charge in [-0.1, -0.05) is 0 Å². The molecule has 1 atom stereocenters. The number of hydrogen-bond donors (Lipinski definition) is 1. The number of nitrogens with zero attached hydrogens (tertiary/aromatic N) is 2. The molecule has 7 heteroatoms. The van der Waals surface area contributed by atoms with Gasteiger partial charge in [-0.3, -0.25) is 14.5 Å². The minimum Gasteiger partial charge on any atom is -0.484 e. The van der Waals surface area contributed by atoms with Crippen molar-refractivity contribution in [1.29, 1.82) is 0 Å². The summed E-state index contributed by atoms with van der Waals surface area (Å²) in [4.78, 5) is 27.9. The lowest BCUT2D eigenvalue weighted by molar-refractivity contribution is -0.135. The number of likely N-dealkylation sites (N-methyl/N-ethyl adjacent to an activating group) is 1. The number of carbonyl (C=O) groups is 2. The van der Waals surface area contributed by atoms with Crippen molar-refractivity contribution in [3.05, 3.63) is 30.1 Å². The minimum absolute atomic E-state index is 0.00556. The van der Waals surface area contributed by atoms with E-state index in [0.717, 1.165) is 25.8 Å². The van der Waals surface area contributed by atoms with E-state index in [0.29, 0.717) is 18.8 Å². The minimum atomic E-state index is -0.330. The van der Waals surface area contributed by atoms with Gasteiger partial charge in [-0.15, -0.1) is 0 Å². The van der Waals surface area contributed by atoms with Crippen LogP contribution in [0.1, 0.15) is 26.2 Å². The van der Waals surface area contributed by atoms with Gasteiger partial charge in [-0.05, 0) is 50.6 Å². The van der Waals surface area contributed by atoms with Gasteiger partial charge < -0.3 is 15.0 Å². The van der Waals surface area contributed by atoms with Crippen LogP contribution in [-0.4, -0.2) is 66.5 Å². The lowest BCUT2D eigenvalue weighted by Crippen LogP contribution is -2.52. The van der Waals surface area contributed by atoms with Crippen LogP contribution in [-0.2, 0) is 9.59 Å². The number of likely N-dealkylation sites (tertiary alicyclic amines) is 2. The summed E-state index contributed by atoms with van der Waals surface area (Å²) in [5.74, 6) is 0.111. The number of nitrogens with one attached hydrogen (secondary N) is 1. The highest BCUT2D eigenvalue weighted by atomic mass is 19.1. The van der Waals surface area contributed by atoms with E-state index in [1.807, 2.05) is 4.90 Å². The Kier molecular flexibility index (Phi) is 5.46. The Morgan fingerprint density at radius 3 is 2.54 bits per heavy atom. The number of carbonyl (C=O) groups excluding carboxylic acids is 2. The van der Waals surface area contributed by atoms with Gasteiger partial charge in [0.2, 0.25) is 5.91 Å². The largest absolute Gasteiger partial charge is 0.484 e. The van der Waals surface area contributed by atoms with E-state index in [1.54, 1.807) is 6.92 Å². The Labute approximate surface area is 153 Å². The first kappa shape index (κ1) is 18.6. The quantitative estimate of drug-likeness (QED) is 0.879. The molecule has 1 spiro atoms. The van der Waals surface area contributed by atoms with Crippen molar-refractivity contribution in [1.82, 2.24) is 15.1 Å². The maximum absolute atomic E-state index is 12.9. The zero-order chi connectivity index (χ0) is 18.7. The first-order valence-corrected chi connectivity index (χ1v) is 9.02. The van der Waals surface area contributed by atoms with E-state index in [4.69, 9.17) is 4.74 Å². The summed E-state index contributed by atoms with van der Waals surface area (Å²) < 4.78 is 18.4. The van der Waals surface area contributed by atoms with Crippen molar-refractivity contribution in [2.45, 2.75) is 37.8 Å². The van der Waals surface area contributed by atoms with E-state index in [-0.39, 0.29) is 35.8 Å². The van der Waals surface area contributed by atoms with Crippen molar-refractivity contribution in [3.8, 4) is 5.75 Å². The topological polar surface area (TPSA) is 61.9 Å². The van der Waals surface area contributed by atoms with Gasteiger partial charge in [0.05, 0.1) is 0 Å². The van der Waals surface area contributed by atoms with Crippen LogP contribution in [0.5, 0.6) is 5.75 Å². The van der Waals surface area contributed by atoms with Crippen molar-refractivity contribution >= 4 is 11.8 Å². The van der Waals surface area contributed by atoms with Crippen LogP contribution in [0.25, 0.3) is 0 Å². The summed E-state index contributed by atoms with van der Waals surface area (Å²) in [6.07, 6.45) is 2.71. The third-order valence-corrected chi connectivity index (χ3v) is 5.56. The molecule has 1 N–H and O–H groups in total. The maximum atomic E-state index is 12.9. The Morgan fingerprint density at radius 2 is 1.92 bits per heavy atom. The number of halogens is 1. The number of rotatable bonds is 4. The first-order chi connectivity index (χ1) is 12.4. The summed E-state index contributed by atoms with van der Waals surface area (Å²) >= 11 is 0. The molecule has 1 unspecified atom stereocenters. The Hall–Kier alpha value is -2.15. The van der Waals surface area contributed by atoms with Gasteiger partial charge in [0.1, 0.15) is 11.6 Å². The second kappa shape index (κ2) is 7.61. The highest BCUT2D eigenvalue weighted by molar-refractivity contribution is 5.78. The fraction of sp³-hybridized carbons (Fsp3) is 0.579. The molecule has 0 saturated carbocycles. The average molecular weight is 363 g/mol. The third kappa shape index (κ3) is 4.15. The van der Waals surface area contributed by atoms with E-state index in [2.05, 4.69) is 17.3 Å². The molecule has 6 nitrogen and oxygen atoms in total. The van der Waals surface area contributed by atoms with Crippen molar-refractivity contribution in [2.75, 3.05) is 33.3 Å². The molecule has 2 fully saturated rings. The Balaban J connectivity index is 1.49. The van der Waals surface area contributed by atoms with E-state index in [9.17, 15) is 14.0 Å². The standard InChI is InChI=1S/C19H26FN3O3/c1-14(24)21-16-11-19(22(2)12-16)7-9-23(10-8-19)18(25)13-26-17-5-3-15(20)4-6-17/h3-6,16H,7-13H2,1-2H3,(H,21,24). The van der Waals surface area contributed by atoms with Crippen LogP contribution < -0.4 is 10.1 Å². The zero-order valence-corrected chi connectivity index (χ0v) is 15.3. The predicted octanol–water partition coefficient (Wildman–Crippen LogP) is 1.41. The molecule has 0 bridgehead atoms. The van der Waals surface area contributed by atoms with Gasteiger partial charge in [0, 0.05) is 38.1 Å². The number of ether oxygens (including phenoxy) is 1. The highest BCUT2D eigenvalue weighted by Crippen LogP contribution is 2.37. The number of hydrogen-bond acceptors (Lipinski definition) is 4. The Bertz CT molecular complexity index is 656. The summed E-state index contributed by atoms with van der Waals surface area (Å²) in [5.41, 5.74) is 0.0573. The van der Waals surface area contributed by atoms with Crippen molar-refractivity contribution in [2.24, 2.45) is 0 Å². The van der Waals surface area contributed by atoms with Crippen molar-refractivity contribution in [3.63, 3.8) is 0 Å². The molecule has 2 heterocycles. The van der Waals surface area contributed by atoms with Crippen LogP contribution >= 0.6 is 0 Å². The maximum Gasteiger partial charge on any atom is 0.260 e. The highest BCUT2D eigenvalue weighted by Gasteiger charge is 2.46. The van der Waals surface area contributed by atoms with E-state index >= 15 is 0 Å². The summed E-state index contributed by atoms with van der Waals surface area (Å²) in [6, 6.07) is 5.84. The molecule has 2 saturated heterocycles. The van der Waals surface area contributed by atoms with E-state index in [1.165, 1.54) is 24.3 Å². The molecule has 3 rings (SSSR count). The number of amides is 2. The van der Waals surface area contributed by atoms with Crippen LogP contribution in [0.2, 0.25) is 0 Å². The molecule has 0 radical (unpaired) electrons. The van der Waals surface area contributed by atoms with Gasteiger partial charge in [-0.2, -0.15) is 0 Å². The van der Waals surface area contributed by atoms with Crippen molar-refractivity contribution < 1.29 is 18.7 Å². The monoisotopic (exact) mass is 363 g/mol. The molecule has 1 aromatic rings. The number of benzene rings is 1. The zero-order valence-electron chi connectivity index (χ0n) is 15.3. The molecule has 2 amide bonds. The fourth-order valence-corrected chi connectivity index (χ4v) is 4.11. The molecule has 1 aromatic carbocycles. The summed E-state index contributed by atoms with van der Waals surface area (Å²) in [6.45, 7) is 3.73. The van der Waals surface area contributed by atoms with Gasteiger partial charge >= 0.3 is 0 Å². The van der Waals surface area contributed by atoms with Gasteiger partial charge in [0.15, 0.2) is 6.61 Å². The smallest absolute Gasteiger partial charge is 0.260 e. The fourth-order valence-electron chi connectivity index (χ4n) is 4.11. The molecule has 2 aliphatic rings. The molecule has 26 heavy (non-hydrogen) atoms.